The molecule has 0 aromatic heterocycles. The highest BCUT2D eigenvalue weighted by atomic mass is 16.4. The average Bonchev–Trinajstić information content (AvgIpc) is 1.64. The Morgan fingerprint density at radius 1 is 1.25 bits per heavy atom. The molecule has 5 heteroatoms. The van der Waals surface area contributed by atoms with Crippen LogP contribution >= 0.6 is 0 Å². The summed E-state index contributed by atoms with van der Waals surface area (Å²) in [5.74, 6) is 0. The van der Waals surface area contributed by atoms with Gasteiger partial charge in [-0.1, -0.05) is 0 Å². The molecule has 2 N–H and O–H groups in total. The van der Waals surface area contributed by atoms with E-state index in [1.54, 1.807) is 0 Å². The zero-order chi connectivity index (χ0) is 6.73. The summed E-state index contributed by atoms with van der Waals surface area (Å²) in [5, 5.41) is 15.8. The van der Waals surface area contributed by atoms with E-state index in [0.717, 1.165) is 7.05 Å². The van der Waals surface area contributed by atoms with Crippen molar-refractivity contribution in [2.24, 2.45) is 0 Å². The van der Waals surface area contributed by atoms with E-state index >= 15 is 0 Å². The minimum Gasteiger partial charge on any atom is -0.465 e. The Labute approximate surface area is 45.1 Å². The molecule has 0 aromatic carbocycles. The second kappa shape index (κ2) is 2.15. The van der Waals surface area contributed by atoms with Crippen LogP contribution < -0.4 is 0 Å². The Morgan fingerprint density at radius 3 is 1.50 bits per heavy atom. The Kier molecular flexibility index (Phi) is 1.81. The van der Waals surface area contributed by atoms with Crippen molar-refractivity contribution in [2.75, 3.05) is 7.05 Å². The van der Waals surface area contributed by atoms with Crippen molar-refractivity contribution >= 4 is 12.2 Å². The summed E-state index contributed by atoms with van der Waals surface area (Å²) < 4.78 is 0. The van der Waals surface area contributed by atoms with Gasteiger partial charge in [0.2, 0.25) is 0 Å². The molecule has 0 aliphatic carbocycles. The van der Waals surface area contributed by atoms with Crippen molar-refractivity contribution < 1.29 is 19.8 Å². The quantitative estimate of drug-likeness (QED) is 0.479. The lowest BCUT2D eigenvalue weighted by Gasteiger charge is -2.02. The molecule has 0 aromatic rings. The zero-order valence-corrected chi connectivity index (χ0v) is 4.16. The maximum atomic E-state index is 9.69. The number of carbonyl (C=O) groups is 2. The first kappa shape index (κ1) is 6.74. The average molecular weight is 119 g/mol. The molecular formula is C3H5NO4. The van der Waals surface area contributed by atoms with E-state index in [-0.39, 0.29) is 4.90 Å². The van der Waals surface area contributed by atoms with Gasteiger partial charge in [-0.3, -0.25) is 0 Å². The number of amides is 2. The van der Waals surface area contributed by atoms with Gasteiger partial charge >= 0.3 is 12.2 Å². The molecule has 0 spiro atoms. The molecule has 0 fully saturated rings. The highest BCUT2D eigenvalue weighted by Crippen LogP contribution is 1.81. The summed E-state index contributed by atoms with van der Waals surface area (Å²) in [7, 11) is 0.949. The first-order valence-corrected chi connectivity index (χ1v) is 1.75. The molecule has 46 valence electrons. The molecule has 0 atom stereocenters. The first-order chi connectivity index (χ1) is 3.55. The molecule has 5 nitrogen and oxygen atoms in total. The molecule has 0 aliphatic rings. The molecule has 0 saturated carbocycles. The molecule has 0 bridgehead atoms. The lowest BCUT2D eigenvalue weighted by atomic mass is 10.9. The third kappa shape index (κ3) is 1.46. The van der Waals surface area contributed by atoms with Gasteiger partial charge in [-0.25, -0.2) is 14.5 Å². The summed E-state index contributed by atoms with van der Waals surface area (Å²) in [4.78, 5) is 19.5. The number of hydrogen-bond donors (Lipinski definition) is 2. The molecule has 0 heterocycles. The normalized spacial score (nSPS) is 8.12. The van der Waals surface area contributed by atoms with Gasteiger partial charge in [0.1, 0.15) is 0 Å². The summed E-state index contributed by atoms with van der Waals surface area (Å²) in [6, 6.07) is 0. The van der Waals surface area contributed by atoms with Crippen LogP contribution in [0.2, 0.25) is 0 Å². The lowest BCUT2D eigenvalue weighted by Crippen LogP contribution is -2.29. The number of hydrogen-bond acceptors (Lipinski definition) is 2. The molecule has 0 radical (unpaired) electrons. The van der Waals surface area contributed by atoms with E-state index in [9.17, 15) is 9.59 Å². The van der Waals surface area contributed by atoms with Crippen LogP contribution in [-0.2, 0) is 0 Å². The lowest BCUT2D eigenvalue weighted by molar-refractivity contribution is 0.132. The van der Waals surface area contributed by atoms with Gasteiger partial charge in [0.25, 0.3) is 0 Å². The maximum Gasteiger partial charge on any atom is 0.416 e. The Bertz CT molecular complexity index is 106. The van der Waals surface area contributed by atoms with Crippen LogP contribution in [0.4, 0.5) is 9.59 Å². The SMILES string of the molecule is CN(C(=O)O)C(=O)O. The fourth-order valence-electron chi connectivity index (χ4n) is 0.0818. The fourth-order valence-corrected chi connectivity index (χ4v) is 0.0818. The molecular weight excluding hydrogens is 114 g/mol. The van der Waals surface area contributed by atoms with Gasteiger partial charge in [-0.2, -0.15) is 0 Å². The van der Waals surface area contributed by atoms with E-state index in [4.69, 9.17) is 10.2 Å². The van der Waals surface area contributed by atoms with Crippen molar-refractivity contribution in [1.82, 2.24) is 4.90 Å². The van der Waals surface area contributed by atoms with Gasteiger partial charge in [-0.15, -0.1) is 0 Å². The highest BCUT2D eigenvalue weighted by molar-refractivity contribution is 5.84. The number of nitrogens with zero attached hydrogens (tertiary/aromatic N) is 1. The fraction of sp³-hybridized carbons (Fsp3) is 0.333. The van der Waals surface area contributed by atoms with E-state index in [1.807, 2.05) is 0 Å². The second-order valence-electron chi connectivity index (χ2n) is 1.12. The Morgan fingerprint density at radius 2 is 1.50 bits per heavy atom. The smallest absolute Gasteiger partial charge is 0.416 e. The third-order valence-electron chi connectivity index (χ3n) is 0.574. The molecule has 0 saturated heterocycles. The van der Waals surface area contributed by atoms with Crippen LogP contribution in [0.25, 0.3) is 0 Å². The standard InChI is InChI=1S/C3H5NO4/c1-4(2(5)6)3(7)8/h1H3,(H,5,6)(H,7,8). The highest BCUT2D eigenvalue weighted by Gasteiger charge is 2.11. The summed E-state index contributed by atoms with van der Waals surface area (Å²) in [5.41, 5.74) is 0. The van der Waals surface area contributed by atoms with E-state index < -0.39 is 12.2 Å². The minimum absolute atomic E-state index is 0.167. The van der Waals surface area contributed by atoms with Crippen LogP contribution in [0.5, 0.6) is 0 Å². The summed E-state index contributed by atoms with van der Waals surface area (Å²) in [6.07, 6.45) is -2.95. The van der Waals surface area contributed by atoms with Crippen LogP contribution in [0, 0.1) is 0 Å². The molecule has 2 amide bonds. The molecule has 0 aliphatic heterocycles. The monoisotopic (exact) mass is 119 g/mol. The van der Waals surface area contributed by atoms with Crippen LogP contribution in [0.1, 0.15) is 0 Å². The van der Waals surface area contributed by atoms with Crippen molar-refractivity contribution in [3.8, 4) is 0 Å². The van der Waals surface area contributed by atoms with Crippen molar-refractivity contribution in [2.45, 2.75) is 0 Å². The van der Waals surface area contributed by atoms with Crippen LogP contribution in [-0.4, -0.2) is 34.3 Å². The number of rotatable bonds is 0. The van der Waals surface area contributed by atoms with Gasteiger partial charge in [0, 0.05) is 7.05 Å². The summed E-state index contributed by atoms with van der Waals surface area (Å²) in [6.45, 7) is 0. The second-order valence-corrected chi connectivity index (χ2v) is 1.12. The Hall–Kier alpha value is -1.26. The molecule has 0 unspecified atom stereocenters. The minimum atomic E-state index is -1.47. The van der Waals surface area contributed by atoms with E-state index in [2.05, 4.69) is 0 Å². The predicted octanol–water partition coefficient (Wildman–Crippen LogP) is 0.274. The number of imide groups is 1. The topological polar surface area (TPSA) is 77.8 Å². The Balaban J connectivity index is 3.83. The zero-order valence-electron chi connectivity index (χ0n) is 4.16. The van der Waals surface area contributed by atoms with Crippen molar-refractivity contribution in [3.05, 3.63) is 0 Å². The predicted molar refractivity (Wildman–Crippen MR) is 23.8 cm³/mol. The molecule has 0 rings (SSSR count). The van der Waals surface area contributed by atoms with E-state index in [0.29, 0.717) is 0 Å². The van der Waals surface area contributed by atoms with Gasteiger partial charge in [0.15, 0.2) is 0 Å². The third-order valence-corrected chi connectivity index (χ3v) is 0.574. The van der Waals surface area contributed by atoms with E-state index in [1.165, 1.54) is 0 Å². The summed E-state index contributed by atoms with van der Waals surface area (Å²) >= 11 is 0. The van der Waals surface area contributed by atoms with Crippen LogP contribution in [0.15, 0.2) is 0 Å². The van der Waals surface area contributed by atoms with Gasteiger partial charge in [0.05, 0.1) is 0 Å². The van der Waals surface area contributed by atoms with Crippen molar-refractivity contribution in [3.63, 3.8) is 0 Å². The number of carboxylic acid groups (broad SMARTS) is 2. The first-order valence-electron chi connectivity index (χ1n) is 1.75. The van der Waals surface area contributed by atoms with Crippen molar-refractivity contribution in [1.29, 1.82) is 0 Å². The van der Waals surface area contributed by atoms with Gasteiger partial charge in [-0.05, 0) is 0 Å². The maximum absolute atomic E-state index is 9.69. The molecule has 8 heavy (non-hydrogen) atoms. The van der Waals surface area contributed by atoms with Crippen LogP contribution in [0.3, 0.4) is 0 Å². The van der Waals surface area contributed by atoms with Gasteiger partial charge < -0.3 is 10.2 Å². The largest absolute Gasteiger partial charge is 0.465 e.